The van der Waals surface area contributed by atoms with Crippen molar-refractivity contribution in [1.29, 1.82) is 0 Å². The van der Waals surface area contributed by atoms with Gasteiger partial charge in [-0.15, -0.1) is 11.3 Å². The van der Waals surface area contributed by atoms with Crippen molar-refractivity contribution < 1.29 is 8.42 Å². The first kappa shape index (κ1) is 13.3. The first-order valence-electron chi connectivity index (χ1n) is 5.71. The number of thiophene rings is 1. The van der Waals surface area contributed by atoms with E-state index in [0.29, 0.717) is 4.90 Å². The monoisotopic (exact) mass is 280 g/mol. The maximum atomic E-state index is 12.3. The van der Waals surface area contributed by atoms with E-state index < -0.39 is 14.6 Å². The molecule has 4 heteroatoms. The van der Waals surface area contributed by atoms with Gasteiger partial charge < -0.3 is 0 Å². The topological polar surface area (TPSA) is 34.1 Å². The zero-order valence-electron chi connectivity index (χ0n) is 10.7. The van der Waals surface area contributed by atoms with Gasteiger partial charge in [0.05, 0.1) is 9.64 Å². The fraction of sp³-hybridized carbons (Fsp3) is 0.286. The summed E-state index contributed by atoms with van der Waals surface area (Å²) in [7, 11) is -3.26. The summed E-state index contributed by atoms with van der Waals surface area (Å²) in [5.74, 6) is 0. The van der Waals surface area contributed by atoms with Gasteiger partial charge in [-0.3, -0.25) is 0 Å². The summed E-state index contributed by atoms with van der Waals surface area (Å²) in [6, 6.07) is 11.1. The molecule has 0 spiro atoms. The molecule has 0 atom stereocenters. The van der Waals surface area contributed by atoms with Crippen molar-refractivity contribution in [3.63, 3.8) is 0 Å². The molecule has 2 nitrogen and oxygen atoms in total. The van der Waals surface area contributed by atoms with Crippen molar-refractivity contribution >= 4 is 21.2 Å². The zero-order valence-corrected chi connectivity index (χ0v) is 12.3. The maximum Gasteiger partial charge on any atom is 0.183 e. The van der Waals surface area contributed by atoms with Crippen LogP contribution in [0.5, 0.6) is 0 Å². The Labute approximate surface area is 112 Å². The number of hydrogen-bond acceptors (Lipinski definition) is 3. The molecule has 1 aromatic carbocycles. The van der Waals surface area contributed by atoms with Crippen molar-refractivity contribution in [2.45, 2.75) is 30.4 Å². The van der Waals surface area contributed by atoms with Gasteiger partial charge in [0.2, 0.25) is 0 Å². The minimum absolute atomic E-state index is 0.385. The van der Waals surface area contributed by atoms with Crippen molar-refractivity contribution in [3.8, 4) is 10.4 Å². The molecule has 0 radical (unpaired) electrons. The number of sulfone groups is 1. The Hall–Kier alpha value is -1.13. The summed E-state index contributed by atoms with van der Waals surface area (Å²) in [6.07, 6.45) is 0. The molecule has 1 aromatic heterocycles. The Balaban J connectivity index is 2.40. The quantitative estimate of drug-likeness (QED) is 0.833. The first-order valence-corrected chi connectivity index (χ1v) is 8.07. The van der Waals surface area contributed by atoms with Crippen LogP contribution in [0.4, 0.5) is 0 Å². The average molecular weight is 280 g/mol. The van der Waals surface area contributed by atoms with Gasteiger partial charge in [-0.1, -0.05) is 18.2 Å². The molecule has 0 saturated carbocycles. The normalized spacial score (nSPS) is 12.6. The van der Waals surface area contributed by atoms with E-state index in [1.54, 1.807) is 44.2 Å². The molecule has 0 fully saturated rings. The van der Waals surface area contributed by atoms with Crippen LogP contribution in [0.2, 0.25) is 0 Å². The van der Waals surface area contributed by atoms with E-state index in [0.717, 1.165) is 10.4 Å². The van der Waals surface area contributed by atoms with Crippen LogP contribution in [-0.4, -0.2) is 13.2 Å². The molecule has 0 aliphatic rings. The van der Waals surface area contributed by atoms with E-state index in [4.69, 9.17) is 0 Å². The number of benzene rings is 1. The zero-order chi connectivity index (χ0) is 13.4. The van der Waals surface area contributed by atoms with E-state index >= 15 is 0 Å². The molecular formula is C14H16O2S2. The molecular weight excluding hydrogens is 264 g/mol. The first-order chi connectivity index (χ1) is 8.32. The summed E-state index contributed by atoms with van der Waals surface area (Å²) < 4.78 is 23.7. The predicted octanol–water partition coefficient (Wildman–Crippen LogP) is 3.99. The summed E-state index contributed by atoms with van der Waals surface area (Å²) in [6.45, 7) is 5.15. The molecule has 2 aromatic rings. The minimum Gasteiger partial charge on any atom is -0.223 e. The maximum absolute atomic E-state index is 12.3. The van der Waals surface area contributed by atoms with Crippen LogP contribution in [0.3, 0.4) is 0 Å². The van der Waals surface area contributed by atoms with Gasteiger partial charge in [0.1, 0.15) is 0 Å². The lowest BCUT2D eigenvalue weighted by Crippen LogP contribution is -2.27. The van der Waals surface area contributed by atoms with E-state index in [1.807, 2.05) is 29.6 Å². The third kappa shape index (κ3) is 2.35. The van der Waals surface area contributed by atoms with E-state index in [-0.39, 0.29) is 0 Å². The van der Waals surface area contributed by atoms with Crippen molar-refractivity contribution in [3.05, 3.63) is 41.8 Å². The highest BCUT2D eigenvalue weighted by atomic mass is 32.2. The molecule has 0 amide bonds. The molecule has 1 heterocycles. The standard InChI is InChI=1S/C14H16O2S2/c1-14(2,3)18(15,16)12-8-6-11(7-9-12)13-5-4-10-17-13/h4-10H,1-3H3. The third-order valence-electron chi connectivity index (χ3n) is 2.78. The van der Waals surface area contributed by atoms with Crippen molar-refractivity contribution in [2.75, 3.05) is 0 Å². The summed E-state index contributed by atoms with van der Waals surface area (Å²) in [5.41, 5.74) is 1.05. The minimum atomic E-state index is -3.26. The van der Waals surface area contributed by atoms with Gasteiger partial charge in [-0.05, 0) is 49.9 Å². The molecule has 0 saturated heterocycles. The molecule has 96 valence electrons. The van der Waals surface area contributed by atoms with Crippen LogP contribution < -0.4 is 0 Å². The summed E-state index contributed by atoms with van der Waals surface area (Å²) >= 11 is 1.65. The highest BCUT2D eigenvalue weighted by molar-refractivity contribution is 7.92. The lowest BCUT2D eigenvalue weighted by atomic mass is 10.2. The van der Waals surface area contributed by atoms with Gasteiger partial charge >= 0.3 is 0 Å². The molecule has 0 N–H and O–H groups in total. The molecule has 0 bridgehead atoms. The van der Waals surface area contributed by atoms with Crippen molar-refractivity contribution in [2.24, 2.45) is 0 Å². The van der Waals surface area contributed by atoms with Gasteiger partial charge in [0, 0.05) is 4.88 Å². The molecule has 18 heavy (non-hydrogen) atoms. The summed E-state index contributed by atoms with van der Waals surface area (Å²) in [4.78, 5) is 1.53. The fourth-order valence-electron chi connectivity index (χ4n) is 1.59. The second kappa shape index (κ2) is 4.52. The average Bonchev–Trinajstić information content (AvgIpc) is 2.81. The Kier molecular flexibility index (Phi) is 3.34. The largest absolute Gasteiger partial charge is 0.223 e. The van der Waals surface area contributed by atoms with Gasteiger partial charge in [-0.25, -0.2) is 8.42 Å². The second-order valence-corrected chi connectivity index (χ2v) is 8.77. The predicted molar refractivity (Wildman–Crippen MR) is 76.7 cm³/mol. The SMILES string of the molecule is CC(C)(C)S(=O)(=O)c1ccc(-c2cccs2)cc1. The van der Waals surface area contributed by atoms with E-state index in [9.17, 15) is 8.42 Å². The Bertz CT molecular complexity index is 615. The van der Waals surface area contributed by atoms with Crippen LogP contribution in [0.15, 0.2) is 46.7 Å². The van der Waals surface area contributed by atoms with Gasteiger partial charge in [0.25, 0.3) is 0 Å². The number of rotatable bonds is 2. The highest BCUT2D eigenvalue weighted by Crippen LogP contribution is 2.29. The second-order valence-electron chi connectivity index (χ2n) is 5.12. The molecule has 0 aliphatic carbocycles. The fourth-order valence-corrected chi connectivity index (χ4v) is 3.53. The number of hydrogen-bond donors (Lipinski definition) is 0. The van der Waals surface area contributed by atoms with Crippen molar-refractivity contribution in [1.82, 2.24) is 0 Å². The van der Waals surface area contributed by atoms with Crippen LogP contribution in [0, 0.1) is 0 Å². The molecule has 2 rings (SSSR count). The van der Waals surface area contributed by atoms with Gasteiger partial charge in [0.15, 0.2) is 9.84 Å². The Morgan fingerprint density at radius 2 is 1.61 bits per heavy atom. The smallest absolute Gasteiger partial charge is 0.183 e. The third-order valence-corrected chi connectivity index (χ3v) is 6.20. The molecule has 0 unspecified atom stereocenters. The van der Waals surface area contributed by atoms with Gasteiger partial charge in [-0.2, -0.15) is 0 Å². The lowest BCUT2D eigenvalue weighted by molar-refractivity contribution is 0.560. The summed E-state index contributed by atoms with van der Waals surface area (Å²) in [5, 5.41) is 2.01. The Morgan fingerprint density at radius 1 is 1.00 bits per heavy atom. The highest BCUT2D eigenvalue weighted by Gasteiger charge is 2.30. The van der Waals surface area contributed by atoms with Crippen LogP contribution in [0.25, 0.3) is 10.4 Å². The van der Waals surface area contributed by atoms with Crippen LogP contribution in [-0.2, 0) is 9.84 Å². The van der Waals surface area contributed by atoms with Crippen LogP contribution in [0.1, 0.15) is 20.8 Å². The van der Waals surface area contributed by atoms with E-state index in [2.05, 4.69) is 0 Å². The Morgan fingerprint density at radius 3 is 2.06 bits per heavy atom. The molecule has 0 aliphatic heterocycles. The van der Waals surface area contributed by atoms with Crippen LogP contribution >= 0.6 is 11.3 Å². The lowest BCUT2D eigenvalue weighted by Gasteiger charge is -2.19. The van der Waals surface area contributed by atoms with E-state index in [1.165, 1.54) is 0 Å².